The van der Waals surface area contributed by atoms with Crippen molar-refractivity contribution >= 4 is 0 Å². The van der Waals surface area contributed by atoms with Gasteiger partial charge < -0.3 is 0 Å². The summed E-state index contributed by atoms with van der Waals surface area (Å²) < 4.78 is 3.32. The molecule has 0 aliphatic rings. The van der Waals surface area contributed by atoms with Crippen LogP contribution in [0.25, 0.3) is 0 Å². The molecule has 0 amide bonds. The Labute approximate surface area is 111 Å². The van der Waals surface area contributed by atoms with E-state index in [9.17, 15) is 14.4 Å². The molecular formula is C13H21N3O3. The third-order valence-electron chi connectivity index (χ3n) is 2.88. The number of allylic oxidation sites excluding steroid dienone is 1. The minimum absolute atomic E-state index is 0.119. The van der Waals surface area contributed by atoms with Gasteiger partial charge in [-0.05, 0) is 12.8 Å². The standard InChI is InChI=1S/C13H21N3O3/c1-4-7-10-16-12(18)14(8-5-2)11(17)15(9-6-3)13(16)19/h5H,2,4,6-10H2,1,3H3. The van der Waals surface area contributed by atoms with Crippen molar-refractivity contribution in [2.24, 2.45) is 0 Å². The predicted octanol–water partition coefficient (Wildman–Crippen LogP) is 0.568. The summed E-state index contributed by atoms with van der Waals surface area (Å²) in [5.74, 6) is 0. The molecule has 0 aliphatic carbocycles. The van der Waals surface area contributed by atoms with Crippen molar-refractivity contribution in [2.75, 3.05) is 0 Å². The monoisotopic (exact) mass is 267 g/mol. The molecule has 0 spiro atoms. The molecule has 0 atom stereocenters. The van der Waals surface area contributed by atoms with Crippen molar-refractivity contribution in [3.63, 3.8) is 0 Å². The molecule has 0 fully saturated rings. The number of nitrogens with zero attached hydrogens (tertiary/aromatic N) is 3. The van der Waals surface area contributed by atoms with E-state index in [4.69, 9.17) is 0 Å². The zero-order valence-corrected chi connectivity index (χ0v) is 11.6. The van der Waals surface area contributed by atoms with E-state index in [1.54, 1.807) is 0 Å². The molecular weight excluding hydrogens is 246 g/mol. The molecule has 1 rings (SSSR count). The number of hydrogen-bond acceptors (Lipinski definition) is 3. The lowest BCUT2D eigenvalue weighted by atomic mass is 10.3. The number of hydrogen-bond donors (Lipinski definition) is 0. The Morgan fingerprint density at radius 2 is 1.42 bits per heavy atom. The topological polar surface area (TPSA) is 66.0 Å². The van der Waals surface area contributed by atoms with Crippen LogP contribution in [0.15, 0.2) is 27.0 Å². The van der Waals surface area contributed by atoms with Gasteiger partial charge in [0.1, 0.15) is 0 Å². The van der Waals surface area contributed by atoms with E-state index in [-0.39, 0.29) is 6.54 Å². The molecule has 106 valence electrons. The molecule has 0 saturated carbocycles. The van der Waals surface area contributed by atoms with Gasteiger partial charge in [-0.15, -0.1) is 6.58 Å². The number of rotatable bonds is 7. The average molecular weight is 267 g/mol. The van der Waals surface area contributed by atoms with Gasteiger partial charge >= 0.3 is 17.1 Å². The maximum absolute atomic E-state index is 12.1. The van der Waals surface area contributed by atoms with E-state index in [0.29, 0.717) is 19.5 Å². The van der Waals surface area contributed by atoms with Crippen LogP contribution in [0.3, 0.4) is 0 Å². The Hall–Kier alpha value is -1.85. The van der Waals surface area contributed by atoms with Gasteiger partial charge in [-0.2, -0.15) is 0 Å². The van der Waals surface area contributed by atoms with Crippen LogP contribution in [0.2, 0.25) is 0 Å². The third-order valence-corrected chi connectivity index (χ3v) is 2.88. The van der Waals surface area contributed by atoms with E-state index >= 15 is 0 Å². The molecule has 0 bridgehead atoms. The van der Waals surface area contributed by atoms with E-state index < -0.39 is 17.1 Å². The van der Waals surface area contributed by atoms with Crippen LogP contribution in [0.1, 0.15) is 33.1 Å². The van der Waals surface area contributed by atoms with Gasteiger partial charge in [-0.1, -0.05) is 26.3 Å². The summed E-state index contributed by atoms with van der Waals surface area (Å²) in [6.45, 7) is 8.18. The Morgan fingerprint density at radius 3 is 1.89 bits per heavy atom. The van der Waals surface area contributed by atoms with Crippen molar-refractivity contribution in [3.8, 4) is 0 Å². The van der Waals surface area contributed by atoms with Crippen LogP contribution in [0, 0.1) is 0 Å². The fourth-order valence-electron chi connectivity index (χ4n) is 1.89. The van der Waals surface area contributed by atoms with Gasteiger partial charge in [0.05, 0.1) is 6.54 Å². The molecule has 1 aromatic heterocycles. The lowest BCUT2D eigenvalue weighted by molar-refractivity contribution is 0.448. The van der Waals surface area contributed by atoms with Crippen molar-refractivity contribution in [3.05, 3.63) is 44.1 Å². The quantitative estimate of drug-likeness (QED) is 0.678. The molecule has 0 saturated heterocycles. The highest BCUT2D eigenvalue weighted by molar-refractivity contribution is 4.82. The molecule has 0 radical (unpaired) electrons. The molecule has 19 heavy (non-hydrogen) atoms. The van der Waals surface area contributed by atoms with Gasteiger partial charge in [-0.25, -0.2) is 28.1 Å². The third kappa shape index (κ3) is 3.13. The van der Waals surface area contributed by atoms with Gasteiger partial charge in [0.2, 0.25) is 0 Å². The fraction of sp³-hybridized carbons (Fsp3) is 0.615. The van der Waals surface area contributed by atoms with E-state index in [1.165, 1.54) is 6.08 Å². The first-order chi connectivity index (χ1) is 9.08. The highest BCUT2D eigenvalue weighted by Crippen LogP contribution is 1.88. The minimum atomic E-state index is -0.551. The lowest BCUT2D eigenvalue weighted by Crippen LogP contribution is -2.54. The lowest BCUT2D eigenvalue weighted by Gasteiger charge is -2.12. The molecule has 0 aromatic carbocycles. The maximum atomic E-state index is 12.1. The second kappa shape index (κ2) is 6.92. The number of aromatic nitrogens is 3. The van der Waals surface area contributed by atoms with Crippen LogP contribution < -0.4 is 17.1 Å². The molecule has 1 heterocycles. The first-order valence-electron chi connectivity index (χ1n) is 6.63. The zero-order valence-electron chi connectivity index (χ0n) is 11.6. The molecule has 6 heteroatoms. The second-order valence-corrected chi connectivity index (χ2v) is 4.40. The summed E-state index contributed by atoms with van der Waals surface area (Å²) in [4.78, 5) is 36.4. The van der Waals surface area contributed by atoms with E-state index in [2.05, 4.69) is 6.58 Å². The molecule has 0 N–H and O–H groups in total. The van der Waals surface area contributed by atoms with Gasteiger partial charge in [0, 0.05) is 13.1 Å². The predicted molar refractivity (Wildman–Crippen MR) is 74.6 cm³/mol. The fourth-order valence-corrected chi connectivity index (χ4v) is 1.89. The number of unbranched alkanes of at least 4 members (excludes halogenated alkanes) is 1. The van der Waals surface area contributed by atoms with Crippen molar-refractivity contribution in [1.82, 2.24) is 13.7 Å². The first kappa shape index (κ1) is 15.2. The van der Waals surface area contributed by atoms with Crippen LogP contribution in [0.5, 0.6) is 0 Å². The van der Waals surface area contributed by atoms with Crippen LogP contribution in [0.4, 0.5) is 0 Å². The van der Waals surface area contributed by atoms with Crippen LogP contribution in [-0.2, 0) is 19.6 Å². The summed E-state index contributed by atoms with van der Waals surface area (Å²) in [6.07, 6.45) is 3.75. The Morgan fingerprint density at radius 1 is 0.895 bits per heavy atom. The summed E-state index contributed by atoms with van der Waals surface area (Å²) in [5, 5.41) is 0. The Bertz CT molecular complexity index is 607. The van der Waals surface area contributed by atoms with Gasteiger partial charge in [-0.3, -0.25) is 0 Å². The van der Waals surface area contributed by atoms with Gasteiger partial charge in [0.25, 0.3) is 0 Å². The summed E-state index contributed by atoms with van der Waals surface area (Å²) in [6, 6.07) is 0. The SMILES string of the molecule is C=CCn1c(=O)n(CCC)c(=O)n(CCCC)c1=O. The summed E-state index contributed by atoms with van der Waals surface area (Å²) in [7, 11) is 0. The molecule has 0 unspecified atom stereocenters. The van der Waals surface area contributed by atoms with Crippen molar-refractivity contribution in [1.29, 1.82) is 0 Å². The largest absolute Gasteiger partial charge is 0.336 e. The molecule has 6 nitrogen and oxygen atoms in total. The Balaban J connectivity index is 3.54. The normalized spacial score (nSPS) is 10.6. The van der Waals surface area contributed by atoms with E-state index in [0.717, 1.165) is 26.5 Å². The van der Waals surface area contributed by atoms with Crippen LogP contribution >= 0.6 is 0 Å². The molecule has 0 aliphatic heterocycles. The van der Waals surface area contributed by atoms with Crippen molar-refractivity contribution in [2.45, 2.75) is 52.7 Å². The van der Waals surface area contributed by atoms with Crippen molar-refractivity contribution < 1.29 is 0 Å². The average Bonchev–Trinajstić information content (AvgIpc) is 2.40. The highest BCUT2D eigenvalue weighted by atomic mass is 16.2. The summed E-state index contributed by atoms with van der Waals surface area (Å²) in [5.41, 5.74) is -1.61. The smallest absolute Gasteiger partial charge is 0.247 e. The zero-order chi connectivity index (χ0) is 14.4. The second-order valence-electron chi connectivity index (χ2n) is 4.40. The van der Waals surface area contributed by atoms with E-state index in [1.807, 2.05) is 13.8 Å². The first-order valence-corrected chi connectivity index (χ1v) is 6.63. The summed E-state index contributed by atoms with van der Waals surface area (Å²) >= 11 is 0. The molecule has 1 aromatic rings. The maximum Gasteiger partial charge on any atom is 0.336 e. The minimum Gasteiger partial charge on any atom is -0.247 e. The Kier molecular flexibility index (Phi) is 5.54. The van der Waals surface area contributed by atoms with Gasteiger partial charge in [0.15, 0.2) is 0 Å². The highest BCUT2D eigenvalue weighted by Gasteiger charge is 2.13. The van der Waals surface area contributed by atoms with Crippen LogP contribution in [-0.4, -0.2) is 13.7 Å².